The smallest absolute Gasteiger partial charge is 0.414 e. The van der Waals surface area contributed by atoms with Gasteiger partial charge < -0.3 is 35.0 Å². The number of likely N-dealkylation sites (N-methyl/N-ethyl adjacent to an activating group) is 1. The van der Waals surface area contributed by atoms with Gasteiger partial charge >= 0.3 is 23.9 Å². The standard InChI is InChI=1S/C17H23N3O.2C2H2O4/c1-4-19-7-9-20(10-8-19)17-11-13(2)15-6-5-14(21-3)12-16(15)18-17;2*3-1(4)2(5)6/h5-6,11-12H,4,7-10H2,1-3H3;2*(H,3,4)(H,5,6). The zero-order valence-electron chi connectivity index (χ0n) is 18.5. The van der Waals surface area contributed by atoms with Crippen LogP contribution in [0.3, 0.4) is 0 Å². The van der Waals surface area contributed by atoms with E-state index in [-0.39, 0.29) is 0 Å². The minimum atomic E-state index is -1.82. The minimum Gasteiger partial charge on any atom is -0.497 e. The van der Waals surface area contributed by atoms with Gasteiger partial charge in [-0.15, -0.1) is 0 Å². The molecule has 1 saturated heterocycles. The number of benzene rings is 1. The first-order valence-corrected chi connectivity index (χ1v) is 9.85. The Bertz CT molecular complexity index is 954. The molecule has 12 nitrogen and oxygen atoms in total. The highest BCUT2D eigenvalue weighted by Crippen LogP contribution is 2.26. The van der Waals surface area contributed by atoms with E-state index in [1.165, 1.54) is 10.9 Å². The maximum atomic E-state index is 9.10. The number of pyridine rings is 1. The van der Waals surface area contributed by atoms with E-state index in [1.54, 1.807) is 7.11 Å². The Hall–Kier alpha value is -3.93. The van der Waals surface area contributed by atoms with Gasteiger partial charge in [0.1, 0.15) is 11.6 Å². The number of methoxy groups -OCH3 is 1. The maximum absolute atomic E-state index is 9.10. The Morgan fingerprint density at radius 1 is 0.909 bits per heavy atom. The number of nitrogens with zero attached hydrogens (tertiary/aromatic N) is 3. The number of fused-ring (bicyclic) bond motifs is 1. The summed E-state index contributed by atoms with van der Waals surface area (Å²) in [6.45, 7) is 9.85. The molecule has 1 aliphatic heterocycles. The fraction of sp³-hybridized carbons (Fsp3) is 0.381. The van der Waals surface area contributed by atoms with Crippen LogP contribution >= 0.6 is 0 Å². The number of anilines is 1. The molecule has 0 aliphatic carbocycles. The van der Waals surface area contributed by atoms with Crippen LogP contribution in [0.5, 0.6) is 5.75 Å². The molecule has 0 bridgehead atoms. The summed E-state index contributed by atoms with van der Waals surface area (Å²) in [5.74, 6) is -5.35. The lowest BCUT2D eigenvalue weighted by Gasteiger charge is -2.35. The monoisotopic (exact) mass is 465 g/mol. The zero-order chi connectivity index (χ0) is 25.1. The SMILES string of the molecule is CCN1CCN(c2cc(C)c3ccc(OC)cc3n2)CC1.O=C(O)C(=O)O.O=C(O)C(=O)O. The molecule has 0 unspecified atom stereocenters. The van der Waals surface area contributed by atoms with Crippen molar-refractivity contribution in [2.24, 2.45) is 0 Å². The van der Waals surface area contributed by atoms with Gasteiger partial charge in [0.25, 0.3) is 0 Å². The van der Waals surface area contributed by atoms with Gasteiger partial charge in [-0.2, -0.15) is 0 Å². The normalized spacial score (nSPS) is 13.1. The number of piperazine rings is 1. The van der Waals surface area contributed by atoms with Crippen molar-refractivity contribution in [1.29, 1.82) is 0 Å². The average molecular weight is 465 g/mol. The molecule has 1 aromatic carbocycles. The van der Waals surface area contributed by atoms with Crippen molar-refractivity contribution in [3.8, 4) is 5.75 Å². The van der Waals surface area contributed by atoms with Crippen LogP contribution in [-0.4, -0.2) is 94.0 Å². The summed E-state index contributed by atoms with van der Waals surface area (Å²) in [7, 11) is 1.70. The van der Waals surface area contributed by atoms with Crippen LogP contribution in [0.1, 0.15) is 12.5 Å². The van der Waals surface area contributed by atoms with Crippen molar-refractivity contribution in [3.63, 3.8) is 0 Å². The van der Waals surface area contributed by atoms with Gasteiger partial charge in [0.2, 0.25) is 0 Å². The van der Waals surface area contributed by atoms with Crippen LogP contribution < -0.4 is 9.64 Å². The number of rotatable bonds is 3. The first-order valence-electron chi connectivity index (χ1n) is 9.85. The molecule has 0 saturated carbocycles. The predicted octanol–water partition coefficient (Wildman–Crippen LogP) is 1.00. The first kappa shape index (κ1) is 27.1. The van der Waals surface area contributed by atoms with Crippen LogP contribution in [0.25, 0.3) is 10.9 Å². The fourth-order valence-corrected chi connectivity index (χ4v) is 2.95. The molecule has 1 fully saturated rings. The van der Waals surface area contributed by atoms with Crippen LogP contribution in [0.2, 0.25) is 0 Å². The third-order valence-corrected chi connectivity index (χ3v) is 4.72. The number of aromatic nitrogens is 1. The van der Waals surface area contributed by atoms with Crippen molar-refractivity contribution >= 4 is 40.6 Å². The number of carbonyl (C=O) groups is 4. The largest absolute Gasteiger partial charge is 0.497 e. The number of carboxylic acid groups (broad SMARTS) is 4. The van der Waals surface area contributed by atoms with E-state index in [1.807, 2.05) is 12.1 Å². The molecule has 3 rings (SSSR count). The van der Waals surface area contributed by atoms with Gasteiger partial charge in [0.05, 0.1) is 12.6 Å². The molecule has 1 aliphatic rings. The molecular formula is C21H27N3O9. The lowest BCUT2D eigenvalue weighted by Crippen LogP contribution is -2.46. The highest BCUT2D eigenvalue weighted by atomic mass is 16.5. The van der Waals surface area contributed by atoms with E-state index in [4.69, 9.17) is 49.3 Å². The first-order chi connectivity index (χ1) is 15.5. The van der Waals surface area contributed by atoms with Crippen LogP contribution in [0.4, 0.5) is 5.82 Å². The van der Waals surface area contributed by atoms with Crippen LogP contribution in [0.15, 0.2) is 24.3 Å². The highest BCUT2D eigenvalue weighted by molar-refractivity contribution is 6.27. The van der Waals surface area contributed by atoms with Gasteiger partial charge in [-0.3, -0.25) is 0 Å². The zero-order valence-corrected chi connectivity index (χ0v) is 18.5. The second-order valence-corrected chi connectivity index (χ2v) is 6.82. The number of hydrogen-bond acceptors (Lipinski definition) is 8. The number of carboxylic acids is 4. The lowest BCUT2D eigenvalue weighted by atomic mass is 10.1. The molecule has 0 atom stereocenters. The molecule has 2 heterocycles. The van der Waals surface area contributed by atoms with E-state index >= 15 is 0 Å². The van der Waals surface area contributed by atoms with Gasteiger partial charge in [-0.05, 0) is 37.2 Å². The molecule has 12 heteroatoms. The summed E-state index contributed by atoms with van der Waals surface area (Å²) in [4.78, 5) is 46.1. The Morgan fingerprint density at radius 3 is 1.85 bits per heavy atom. The predicted molar refractivity (Wildman–Crippen MR) is 118 cm³/mol. The summed E-state index contributed by atoms with van der Waals surface area (Å²) in [6, 6.07) is 8.32. The Labute approximate surface area is 189 Å². The molecule has 0 amide bonds. The molecule has 180 valence electrons. The lowest BCUT2D eigenvalue weighted by molar-refractivity contribution is -0.159. The van der Waals surface area contributed by atoms with E-state index < -0.39 is 23.9 Å². The maximum Gasteiger partial charge on any atom is 0.414 e. The van der Waals surface area contributed by atoms with Gasteiger partial charge in [-0.1, -0.05) is 6.92 Å². The van der Waals surface area contributed by atoms with E-state index in [0.29, 0.717) is 0 Å². The Kier molecular flexibility index (Phi) is 10.5. The molecule has 1 aromatic heterocycles. The summed E-state index contributed by atoms with van der Waals surface area (Å²) < 4.78 is 5.32. The third kappa shape index (κ3) is 8.61. The minimum absolute atomic E-state index is 0.863. The van der Waals surface area contributed by atoms with Gasteiger partial charge in [0, 0.05) is 37.6 Å². The number of hydrogen-bond donors (Lipinski definition) is 4. The van der Waals surface area contributed by atoms with Crippen molar-refractivity contribution in [2.75, 3.05) is 44.7 Å². The number of ether oxygens (including phenoxy) is 1. The number of aliphatic carboxylic acids is 4. The second-order valence-electron chi connectivity index (χ2n) is 6.82. The summed E-state index contributed by atoms with van der Waals surface area (Å²) in [6.07, 6.45) is 0. The third-order valence-electron chi connectivity index (χ3n) is 4.72. The van der Waals surface area contributed by atoms with Gasteiger partial charge in [0.15, 0.2) is 0 Å². The quantitative estimate of drug-likeness (QED) is 0.473. The van der Waals surface area contributed by atoms with Gasteiger partial charge in [-0.25, -0.2) is 24.2 Å². The number of aryl methyl sites for hydroxylation is 1. The molecular weight excluding hydrogens is 438 g/mol. The molecule has 2 aromatic rings. The molecule has 33 heavy (non-hydrogen) atoms. The highest BCUT2D eigenvalue weighted by Gasteiger charge is 2.17. The molecule has 0 spiro atoms. The second kappa shape index (κ2) is 12.8. The fourth-order valence-electron chi connectivity index (χ4n) is 2.95. The van der Waals surface area contributed by atoms with Crippen molar-refractivity contribution < 1.29 is 44.3 Å². The van der Waals surface area contributed by atoms with Crippen molar-refractivity contribution in [2.45, 2.75) is 13.8 Å². The van der Waals surface area contributed by atoms with E-state index in [9.17, 15) is 0 Å². The Balaban J connectivity index is 0.000000377. The van der Waals surface area contributed by atoms with Crippen molar-refractivity contribution in [1.82, 2.24) is 9.88 Å². The summed E-state index contributed by atoms with van der Waals surface area (Å²) in [5.41, 5.74) is 2.29. The van der Waals surface area contributed by atoms with Crippen LogP contribution in [-0.2, 0) is 19.2 Å². The van der Waals surface area contributed by atoms with Crippen molar-refractivity contribution in [3.05, 3.63) is 29.8 Å². The molecule has 4 N–H and O–H groups in total. The van der Waals surface area contributed by atoms with Crippen LogP contribution in [0, 0.1) is 6.92 Å². The average Bonchev–Trinajstić information content (AvgIpc) is 2.79. The van der Waals surface area contributed by atoms with E-state index in [0.717, 1.165) is 49.8 Å². The Morgan fingerprint density at radius 2 is 1.42 bits per heavy atom. The molecule has 0 radical (unpaired) electrons. The summed E-state index contributed by atoms with van der Waals surface area (Å²) >= 11 is 0. The van der Waals surface area contributed by atoms with E-state index in [2.05, 4.69) is 35.8 Å². The summed E-state index contributed by atoms with van der Waals surface area (Å²) in [5, 5.41) is 30.8. The topological polar surface area (TPSA) is 178 Å².